The van der Waals surface area contributed by atoms with Gasteiger partial charge in [0.25, 0.3) is 5.91 Å². The van der Waals surface area contributed by atoms with E-state index >= 15 is 0 Å². The van der Waals surface area contributed by atoms with Crippen LogP contribution in [0.15, 0.2) is 36.4 Å². The number of aromatic amines is 1. The van der Waals surface area contributed by atoms with E-state index in [4.69, 9.17) is 19.5 Å². The standard InChI is InChI=1S/C25H28N4O4/c1-31-21-14-22(32-2)24(33-3)23-19(21)13-20(27-23)25(30)29-10-4-9-28(11-12-29)16-18-7-5-17(15-26)6-8-18/h5-8,13-14,27H,4,9-12,16H2,1-3H3. The lowest BCUT2D eigenvalue weighted by molar-refractivity contribution is 0.0756. The molecule has 0 atom stereocenters. The molecular formula is C25H28N4O4. The number of carbonyl (C=O) groups excluding carboxylic acids is 1. The lowest BCUT2D eigenvalue weighted by atomic mass is 10.1. The summed E-state index contributed by atoms with van der Waals surface area (Å²) in [7, 11) is 4.73. The zero-order valence-electron chi connectivity index (χ0n) is 19.2. The number of nitrogens with zero attached hydrogens (tertiary/aromatic N) is 3. The summed E-state index contributed by atoms with van der Waals surface area (Å²) in [5.41, 5.74) is 3.00. The van der Waals surface area contributed by atoms with Crippen LogP contribution in [-0.4, -0.2) is 68.2 Å². The van der Waals surface area contributed by atoms with Crippen LogP contribution in [0.5, 0.6) is 17.2 Å². The highest BCUT2D eigenvalue weighted by Gasteiger charge is 2.24. The van der Waals surface area contributed by atoms with Crippen molar-refractivity contribution in [3.63, 3.8) is 0 Å². The van der Waals surface area contributed by atoms with E-state index < -0.39 is 0 Å². The molecule has 8 heteroatoms. The fraction of sp³-hybridized carbons (Fsp3) is 0.360. The summed E-state index contributed by atoms with van der Waals surface area (Å²) in [6.45, 7) is 3.83. The third-order valence-electron chi connectivity index (χ3n) is 6.04. The number of hydrogen-bond acceptors (Lipinski definition) is 6. The molecule has 172 valence electrons. The van der Waals surface area contributed by atoms with E-state index in [1.165, 1.54) is 0 Å². The number of amides is 1. The van der Waals surface area contributed by atoms with Gasteiger partial charge in [0.05, 0.1) is 38.5 Å². The van der Waals surface area contributed by atoms with Crippen LogP contribution in [-0.2, 0) is 6.54 Å². The Morgan fingerprint density at radius 1 is 1.00 bits per heavy atom. The molecule has 0 aliphatic carbocycles. The van der Waals surface area contributed by atoms with Gasteiger partial charge >= 0.3 is 0 Å². The fourth-order valence-corrected chi connectivity index (χ4v) is 4.30. The van der Waals surface area contributed by atoms with Crippen LogP contribution >= 0.6 is 0 Å². The SMILES string of the molecule is COc1cc(OC)c2cc(C(=O)N3CCCN(Cc4ccc(C#N)cc4)CC3)[nH]c2c1OC. The topological polar surface area (TPSA) is 90.8 Å². The zero-order chi connectivity index (χ0) is 23.4. The minimum Gasteiger partial charge on any atom is -0.496 e. The average molecular weight is 449 g/mol. The number of aromatic nitrogens is 1. The predicted molar refractivity (Wildman–Crippen MR) is 125 cm³/mol. The molecule has 2 aromatic carbocycles. The second-order valence-corrected chi connectivity index (χ2v) is 8.02. The number of hydrogen-bond donors (Lipinski definition) is 1. The molecule has 1 saturated heterocycles. The summed E-state index contributed by atoms with van der Waals surface area (Å²) in [6.07, 6.45) is 0.892. The Bertz CT molecular complexity index is 1180. The summed E-state index contributed by atoms with van der Waals surface area (Å²) < 4.78 is 16.5. The number of nitriles is 1. The maximum absolute atomic E-state index is 13.3. The first kappa shape index (κ1) is 22.5. The smallest absolute Gasteiger partial charge is 0.270 e. The molecule has 0 spiro atoms. The van der Waals surface area contributed by atoms with E-state index in [9.17, 15) is 4.79 Å². The number of benzene rings is 2. The molecule has 1 aliphatic heterocycles. The number of nitrogens with one attached hydrogen (secondary N) is 1. The number of fused-ring (bicyclic) bond motifs is 1. The normalized spacial score (nSPS) is 14.5. The summed E-state index contributed by atoms with van der Waals surface area (Å²) in [6, 6.07) is 13.4. The fourth-order valence-electron chi connectivity index (χ4n) is 4.30. The summed E-state index contributed by atoms with van der Waals surface area (Å²) in [5, 5.41) is 9.75. The molecular weight excluding hydrogens is 420 g/mol. The van der Waals surface area contributed by atoms with E-state index in [1.54, 1.807) is 27.4 Å². The highest BCUT2D eigenvalue weighted by molar-refractivity contribution is 6.02. The quantitative estimate of drug-likeness (QED) is 0.622. The van der Waals surface area contributed by atoms with Crippen molar-refractivity contribution in [2.75, 3.05) is 47.5 Å². The van der Waals surface area contributed by atoms with Crippen molar-refractivity contribution in [2.24, 2.45) is 0 Å². The maximum Gasteiger partial charge on any atom is 0.270 e. The van der Waals surface area contributed by atoms with E-state index in [1.807, 2.05) is 35.2 Å². The Kier molecular flexibility index (Phi) is 6.71. The lowest BCUT2D eigenvalue weighted by Crippen LogP contribution is -2.35. The van der Waals surface area contributed by atoms with Gasteiger partial charge in [-0.1, -0.05) is 12.1 Å². The number of carbonyl (C=O) groups is 1. The van der Waals surface area contributed by atoms with Crippen LogP contribution in [0.25, 0.3) is 10.9 Å². The highest BCUT2D eigenvalue weighted by atomic mass is 16.5. The van der Waals surface area contributed by atoms with Gasteiger partial charge in [0.15, 0.2) is 11.5 Å². The number of H-pyrrole nitrogens is 1. The van der Waals surface area contributed by atoms with Gasteiger partial charge < -0.3 is 24.1 Å². The molecule has 0 radical (unpaired) electrons. The van der Waals surface area contributed by atoms with Crippen molar-refractivity contribution in [3.05, 3.63) is 53.2 Å². The van der Waals surface area contributed by atoms with Gasteiger partial charge in [-0.2, -0.15) is 5.26 Å². The summed E-state index contributed by atoms with van der Waals surface area (Å²) in [5.74, 6) is 1.64. The number of rotatable bonds is 6. The van der Waals surface area contributed by atoms with Crippen molar-refractivity contribution in [2.45, 2.75) is 13.0 Å². The van der Waals surface area contributed by atoms with E-state index in [0.29, 0.717) is 47.1 Å². The predicted octanol–water partition coefficient (Wildman–Crippen LogP) is 3.41. The molecule has 4 rings (SSSR count). The average Bonchev–Trinajstić information content (AvgIpc) is 3.17. The Labute approximate surface area is 193 Å². The minimum absolute atomic E-state index is 0.0468. The van der Waals surface area contributed by atoms with Crippen molar-refractivity contribution >= 4 is 16.8 Å². The van der Waals surface area contributed by atoms with E-state index in [2.05, 4.69) is 16.0 Å². The molecule has 1 aromatic heterocycles. The first-order valence-electron chi connectivity index (χ1n) is 10.9. The molecule has 33 heavy (non-hydrogen) atoms. The summed E-state index contributed by atoms with van der Waals surface area (Å²) >= 11 is 0. The molecule has 0 bridgehead atoms. The third kappa shape index (κ3) is 4.59. The Hall–Kier alpha value is -3.70. The number of methoxy groups -OCH3 is 3. The molecule has 1 aliphatic rings. The van der Waals surface area contributed by atoms with Crippen LogP contribution < -0.4 is 14.2 Å². The Balaban J connectivity index is 1.50. The maximum atomic E-state index is 13.3. The van der Waals surface area contributed by atoms with Crippen molar-refractivity contribution in [1.29, 1.82) is 5.26 Å². The zero-order valence-corrected chi connectivity index (χ0v) is 19.2. The van der Waals surface area contributed by atoms with Gasteiger partial charge in [-0.25, -0.2) is 0 Å². The second kappa shape index (κ2) is 9.84. The van der Waals surface area contributed by atoms with Gasteiger partial charge in [-0.3, -0.25) is 9.69 Å². The Morgan fingerprint density at radius 2 is 1.76 bits per heavy atom. The van der Waals surface area contributed by atoms with E-state index in [0.717, 1.165) is 37.0 Å². The van der Waals surface area contributed by atoms with Crippen LogP contribution in [0.2, 0.25) is 0 Å². The molecule has 1 fully saturated rings. The van der Waals surface area contributed by atoms with Crippen LogP contribution in [0, 0.1) is 11.3 Å². The van der Waals surface area contributed by atoms with Crippen molar-refractivity contribution in [1.82, 2.24) is 14.8 Å². The first-order chi connectivity index (χ1) is 16.1. The highest BCUT2D eigenvalue weighted by Crippen LogP contribution is 2.41. The minimum atomic E-state index is -0.0468. The van der Waals surface area contributed by atoms with Crippen LogP contribution in [0.3, 0.4) is 0 Å². The van der Waals surface area contributed by atoms with Crippen molar-refractivity contribution < 1.29 is 19.0 Å². The Morgan fingerprint density at radius 3 is 2.42 bits per heavy atom. The molecule has 2 heterocycles. The lowest BCUT2D eigenvalue weighted by Gasteiger charge is -2.21. The largest absolute Gasteiger partial charge is 0.496 e. The van der Waals surface area contributed by atoms with Crippen molar-refractivity contribution in [3.8, 4) is 23.3 Å². The summed E-state index contributed by atoms with van der Waals surface area (Å²) in [4.78, 5) is 20.8. The molecule has 0 saturated carbocycles. The van der Waals surface area contributed by atoms with Gasteiger partial charge in [-0.05, 0) is 30.2 Å². The monoisotopic (exact) mass is 448 g/mol. The van der Waals surface area contributed by atoms with Gasteiger partial charge in [0.1, 0.15) is 11.4 Å². The third-order valence-corrected chi connectivity index (χ3v) is 6.04. The van der Waals surface area contributed by atoms with Gasteiger partial charge in [0.2, 0.25) is 0 Å². The number of ether oxygens (including phenoxy) is 3. The van der Waals surface area contributed by atoms with Crippen LogP contribution in [0.1, 0.15) is 28.0 Å². The van der Waals surface area contributed by atoms with Crippen LogP contribution in [0.4, 0.5) is 0 Å². The molecule has 0 unspecified atom stereocenters. The molecule has 3 aromatic rings. The first-order valence-corrected chi connectivity index (χ1v) is 10.9. The van der Waals surface area contributed by atoms with Gasteiger partial charge in [0, 0.05) is 44.2 Å². The molecule has 1 amide bonds. The van der Waals surface area contributed by atoms with E-state index in [-0.39, 0.29) is 5.91 Å². The molecule has 8 nitrogen and oxygen atoms in total. The molecule has 1 N–H and O–H groups in total. The van der Waals surface area contributed by atoms with Gasteiger partial charge in [-0.15, -0.1) is 0 Å². The second-order valence-electron chi connectivity index (χ2n) is 8.02.